The summed E-state index contributed by atoms with van der Waals surface area (Å²) in [4.78, 5) is 0. The van der Waals surface area contributed by atoms with Gasteiger partial charge >= 0.3 is 0 Å². The van der Waals surface area contributed by atoms with Gasteiger partial charge in [0, 0.05) is 37.6 Å². The summed E-state index contributed by atoms with van der Waals surface area (Å²) in [6.45, 7) is 3.11. The van der Waals surface area contributed by atoms with Crippen LogP contribution in [0.5, 0.6) is 0 Å². The highest BCUT2D eigenvalue weighted by Crippen LogP contribution is 2.13. The molecule has 2 aromatic rings. The van der Waals surface area contributed by atoms with E-state index in [1.165, 1.54) is 5.56 Å². The zero-order valence-electron chi connectivity index (χ0n) is 11.6. The second-order valence-electron chi connectivity index (χ2n) is 4.65. The maximum Gasteiger partial charge on any atom is 0.0671 e. The summed E-state index contributed by atoms with van der Waals surface area (Å²) in [5.74, 6) is 0. The van der Waals surface area contributed by atoms with Crippen LogP contribution in [0.4, 0.5) is 5.69 Å². The molecule has 1 aromatic carbocycles. The second-order valence-corrected chi connectivity index (χ2v) is 4.65. The molecule has 0 fully saturated rings. The number of nitrogens with zero attached hydrogens (tertiary/aromatic N) is 2. The van der Waals surface area contributed by atoms with E-state index in [0.29, 0.717) is 6.42 Å². The van der Waals surface area contributed by atoms with E-state index in [1.54, 1.807) is 0 Å². The second kappa shape index (κ2) is 6.38. The van der Waals surface area contributed by atoms with Crippen molar-refractivity contribution >= 4 is 5.69 Å². The first kappa shape index (κ1) is 13.6. The van der Waals surface area contributed by atoms with Crippen molar-refractivity contribution in [2.45, 2.75) is 26.3 Å². The van der Waals surface area contributed by atoms with Gasteiger partial charge in [0.1, 0.15) is 0 Å². The van der Waals surface area contributed by atoms with E-state index in [2.05, 4.69) is 23.5 Å². The molecule has 4 nitrogen and oxygen atoms in total. The molecule has 0 radical (unpaired) electrons. The summed E-state index contributed by atoms with van der Waals surface area (Å²) in [6.07, 6.45) is 3.72. The summed E-state index contributed by atoms with van der Waals surface area (Å²) in [6, 6.07) is 8.19. The van der Waals surface area contributed by atoms with Crippen molar-refractivity contribution in [3.05, 3.63) is 47.3 Å². The van der Waals surface area contributed by atoms with Crippen LogP contribution in [0.3, 0.4) is 0 Å². The first-order valence-electron chi connectivity index (χ1n) is 6.68. The van der Waals surface area contributed by atoms with E-state index in [0.717, 1.165) is 29.9 Å². The van der Waals surface area contributed by atoms with Gasteiger partial charge in [-0.05, 0) is 30.5 Å². The highest BCUT2D eigenvalue weighted by molar-refractivity contribution is 5.45. The quantitative estimate of drug-likeness (QED) is 0.835. The van der Waals surface area contributed by atoms with Crippen molar-refractivity contribution in [2.75, 3.05) is 11.9 Å². The van der Waals surface area contributed by atoms with Gasteiger partial charge in [0.05, 0.1) is 5.69 Å². The minimum atomic E-state index is 0.197. The maximum absolute atomic E-state index is 8.88. The van der Waals surface area contributed by atoms with Crippen LogP contribution in [0.2, 0.25) is 0 Å². The molecule has 0 aliphatic heterocycles. The van der Waals surface area contributed by atoms with E-state index in [9.17, 15) is 0 Å². The minimum Gasteiger partial charge on any atom is -0.396 e. The highest BCUT2D eigenvalue weighted by atomic mass is 16.2. The number of nitrogens with one attached hydrogen (secondary N) is 1. The van der Waals surface area contributed by atoms with E-state index in [4.69, 9.17) is 5.11 Å². The van der Waals surface area contributed by atoms with Crippen LogP contribution < -0.4 is 5.32 Å². The molecule has 19 heavy (non-hydrogen) atoms. The predicted molar refractivity (Wildman–Crippen MR) is 77.1 cm³/mol. The Kier molecular flexibility index (Phi) is 4.58. The monoisotopic (exact) mass is 259 g/mol. The Hall–Kier alpha value is -1.81. The number of hydrogen-bond acceptors (Lipinski definition) is 3. The molecular weight excluding hydrogens is 238 g/mol. The first-order valence-corrected chi connectivity index (χ1v) is 6.68. The van der Waals surface area contributed by atoms with Gasteiger partial charge < -0.3 is 10.4 Å². The van der Waals surface area contributed by atoms with Crippen molar-refractivity contribution in [3.63, 3.8) is 0 Å². The largest absolute Gasteiger partial charge is 0.396 e. The normalized spacial score (nSPS) is 10.7. The average Bonchev–Trinajstić information content (AvgIpc) is 2.79. The lowest BCUT2D eigenvalue weighted by Crippen LogP contribution is -2.01. The van der Waals surface area contributed by atoms with Gasteiger partial charge in [-0.15, -0.1) is 0 Å². The summed E-state index contributed by atoms with van der Waals surface area (Å²) in [5.41, 5.74) is 4.63. The summed E-state index contributed by atoms with van der Waals surface area (Å²) >= 11 is 0. The van der Waals surface area contributed by atoms with Crippen molar-refractivity contribution in [2.24, 2.45) is 7.05 Å². The Morgan fingerprint density at radius 3 is 2.63 bits per heavy atom. The maximum atomic E-state index is 8.88. The molecule has 0 bridgehead atoms. The number of rotatable bonds is 6. The lowest BCUT2D eigenvalue weighted by atomic mass is 10.1. The molecule has 4 heteroatoms. The smallest absolute Gasteiger partial charge is 0.0671 e. The molecule has 0 spiro atoms. The molecule has 0 saturated heterocycles. The zero-order valence-corrected chi connectivity index (χ0v) is 11.6. The fourth-order valence-corrected chi connectivity index (χ4v) is 2.14. The topological polar surface area (TPSA) is 50.1 Å². The van der Waals surface area contributed by atoms with Crippen LogP contribution in [-0.2, 0) is 26.4 Å². The number of hydrogen-bond donors (Lipinski definition) is 2. The molecule has 0 aliphatic rings. The van der Waals surface area contributed by atoms with Gasteiger partial charge in [-0.2, -0.15) is 5.10 Å². The number of aliphatic hydroxyl groups excluding tert-OH is 1. The van der Waals surface area contributed by atoms with Crippen molar-refractivity contribution in [1.29, 1.82) is 0 Å². The van der Waals surface area contributed by atoms with Gasteiger partial charge in [0.25, 0.3) is 0 Å². The van der Waals surface area contributed by atoms with E-state index in [-0.39, 0.29) is 6.61 Å². The molecule has 0 saturated carbocycles. The molecule has 0 unspecified atom stereocenters. The number of benzene rings is 1. The third kappa shape index (κ3) is 3.58. The Labute approximate surface area is 114 Å². The van der Waals surface area contributed by atoms with Gasteiger partial charge in [0.15, 0.2) is 0 Å². The third-order valence-electron chi connectivity index (χ3n) is 3.16. The van der Waals surface area contributed by atoms with Crippen molar-refractivity contribution < 1.29 is 5.11 Å². The summed E-state index contributed by atoms with van der Waals surface area (Å²) < 4.78 is 1.86. The molecule has 1 aromatic heterocycles. The van der Waals surface area contributed by atoms with E-state index >= 15 is 0 Å². The Balaban J connectivity index is 1.97. The molecule has 0 amide bonds. The van der Waals surface area contributed by atoms with E-state index < -0.39 is 0 Å². The van der Waals surface area contributed by atoms with Gasteiger partial charge in [0.2, 0.25) is 0 Å². The average molecular weight is 259 g/mol. The van der Waals surface area contributed by atoms with Crippen LogP contribution in [0.25, 0.3) is 0 Å². The van der Waals surface area contributed by atoms with E-state index in [1.807, 2.05) is 36.0 Å². The fourth-order valence-electron chi connectivity index (χ4n) is 2.14. The number of aliphatic hydroxyl groups is 1. The van der Waals surface area contributed by atoms with Gasteiger partial charge in [-0.25, -0.2) is 0 Å². The zero-order chi connectivity index (χ0) is 13.7. The SMILES string of the molecule is CCc1nn(C)cc1CNc1ccc(CCO)cc1. The number of aryl methyl sites for hydroxylation is 2. The molecule has 0 atom stereocenters. The first-order chi connectivity index (χ1) is 9.22. The summed E-state index contributed by atoms with van der Waals surface area (Å²) in [5, 5.41) is 16.7. The van der Waals surface area contributed by atoms with Crippen LogP contribution in [-0.4, -0.2) is 21.5 Å². The van der Waals surface area contributed by atoms with Crippen molar-refractivity contribution in [1.82, 2.24) is 9.78 Å². The standard InChI is InChI=1S/C15H21N3O/c1-3-15-13(11-18(2)17-15)10-16-14-6-4-12(5-7-14)8-9-19/h4-7,11,16,19H,3,8-10H2,1-2H3. The molecular formula is C15H21N3O. The van der Waals surface area contributed by atoms with Gasteiger partial charge in [-0.1, -0.05) is 19.1 Å². The molecule has 0 aliphatic carbocycles. The fraction of sp³-hybridized carbons (Fsp3) is 0.400. The highest BCUT2D eigenvalue weighted by Gasteiger charge is 2.05. The van der Waals surface area contributed by atoms with Crippen molar-refractivity contribution in [3.8, 4) is 0 Å². The molecule has 2 rings (SSSR count). The predicted octanol–water partition coefficient (Wildman–Crippen LogP) is 2.13. The Bertz CT molecular complexity index is 517. The minimum absolute atomic E-state index is 0.197. The number of aromatic nitrogens is 2. The van der Waals surface area contributed by atoms with Crippen LogP contribution >= 0.6 is 0 Å². The van der Waals surface area contributed by atoms with Crippen LogP contribution in [0.15, 0.2) is 30.5 Å². The van der Waals surface area contributed by atoms with Crippen LogP contribution in [0.1, 0.15) is 23.7 Å². The Morgan fingerprint density at radius 1 is 1.26 bits per heavy atom. The van der Waals surface area contributed by atoms with Crippen LogP contribution in [0, 0.1) is 0 Å². The Morgan fingerprint density at radius 2 is 2.00 bits per heavy atom. The molecule has 1 heterocycles. The lowest BCUT2D eigenvalue weighted by Gasteiger charge is -2.07. The van der Waals surface area contributed by atoms with Gasteiger partial charge in [-0.3, -0.25) is 4.68 Å². The third-order valence-corrected chi connectivity index (χ3v) is 3.16. The molecule has 102 valence electrons. The number of anilines is 1. The lowest BCUT2D eigenvalue weighted by molar-refractivity contribution is 0.299. The summed E-state index contributed by atoms with van der Waals surface area (Å²) in [7, 11) is 1.95. The molecule has 2 N–H and O–H groups in total.